The molecule has 0 radical (unpaired) electrons. The quantitative estimate of drug-likeness (QED) is 0.522. The van der Waals surface area contributed by atoms with E-state index >= 15 is 0 Å². The van der Waals surface area contributed by atoms with Crippen LogP contribution in [0.3, 0.4) is 0 Å². The lowest BCUT2D eigenvalue weighted by Crippen LogP contribution is -2.30. The third-order valence-electron chi connectivity index (χ3n) is 5.75. The first-order valence-corrected chi connectivity index (χ1v) is 10.8. The Morgan fingerprint density at radius 2 is 1.97 bits per heavy atom. The maximum Gasteiger partial charge on any atom is 0.270 e. The highest BCUT2D eigenvalue weighted by Crippen LogP contribution is 2.19. The molecule has 4 heterocycles. The maximum absolute atomic E-state index is 13.0. The zero-order chi connectivity index (χ0) is 22.2. The monoisotopic (exact) mass is 430 g/mol. The Labute approximate surface area is 186 Å². The molecule has 0 saturated heterocycles. The topological polar surface area (TPSA) is 93.2 Å². The van der Waals surface area contributed by atoms with Crippen LogP contribution in [0.4, 0.5) is 0 Å². The number of rotatable bonds is 5. The third kappa shape index (κ3) is 3.75. The Morgan fingerprint density at radius 3 is 2.75 bits per heavy atom. The second-order valence-electron chi connectivity index (χ2n) is 8.25. The smallest absolute Gasteiger partial charge is 0.270 e. The number of amides is 1. The number of benzene rings is 1. The molecule has 9 nitrogen and oxygen atoms in total. The highest BCUT2D eigenvalue weighted by atomic mass is 16.1. The van der Waals surface area contributed by atoms with Gasteiger partial charge in [0.15, 0.2) is 5.82 Å². The average molecular weight is 431 g/mol. The first-order valence-electron chi connectivity index (χ1n) is 10.8. The van der Waals surface area contributed by atoms with Gasteiger partial charge in [0.1, 0.15) is 11.5 Å². The van der Waals surface area contributed by atoms with Gasteiger partial charge in [0.05, 0.1) is 18.8 Å². The summed E-state index contributed by atoms with van der Waals surface area (Å²) in [5.41, 5.74) is 4.25. The van der Waals surface area contributed by atoms with E-state index in [1.165, 1.54) is 0 Å². The van der Waals surface area contributed by atoms with Crippen molar-refractivity contribution in [2.45, 2.75) is 39.9 Å². The summed E-state index contributed by atoms with van der Waals surface area (Å²) in [6.07, 6.45) is 4.32. The average Bonchev–Trinajstić information content (AvgIpc) is 3.38. The van der Waals surface area contributed by atoms with E-state index in [9.17, 15) is 4.79 Å². The Kier molecular flexibility index (Phi) is 5.18. The zero-order valence-corrected chi connectivity index (χ0v) is 18.5. The molecule has 1 N–H and O–H groups in total. The number of nitrogens with one attached hydrogen (secondary N) is 1. The summed E-state index contributed by atoms with van der Waals surface area (Å²) in [5.74, 6) is 2.13. The summed E-state index contributed by atoms with van der Waals surface area (Å²) in [6, 6.07) is 8.02. The standard InChI is InChI=1S/C23H26N8O/c1-4-18-20(30-13-15(2)11-25-23(30)26-18)22(32)24-12-16-5-7-17(8-6-16)21-27-19-14-29(3)9-10-31(19)28-21/h5-8,11,13H,4,9-10,12,14H2,1-3H3,(H,24,32). The largest absolute Gasteiger partial charge is 0.347 e. The highest BCUT2D eigenvalue weighted by molar-refractivity contribution is 5.94. The van der Waals surface area contributed by atoms with E-state index in [-0.39, 0.29) is 5.91 Å². The number of fused-ring (bicyclic) bond motifs is 2. The molecule has 5 rings (SSSR count). The molecule has 3 aromatic heterocycles. The van der Waals surface area contributed by atoms with Crippen LogP contribution in [-0.4, -0.2) is 53.5 Å². The SMILES string of the molecule is CCc1nc2ncc(C)cn2c1C(=O)NCc1ccc(-c2nc3n(n2)CCN(C)C3)cc1. The molecular formula is C23H26N8O. The van der Waals surface area contributed by atoms with Crippen molar-refractivity contribution < 1.29 is 4.79 Å². The molecule has 1 aromatic carbocycles. The number of carbonyl (C=O) groups is 1. The molecule has 0 saturated carbocycles. The maximum atomic E-state index is 13.0. The van der Waals surface area contributed by atoms with Crippen LogP contribution >= 0.6 is 0 Å². The summed E-state index contributed by atoms with van der Waals surface area (Å²) in [7, 11) is 2.09. The van der Waals surface area contributed by atoms with Crippen molar-refractivity contribution in [2.24, 2.45) is 0 Å². The van der Waals surface area contributed by atoms with E-state index in [2.05, 4.69) is 37.3 Å². The minimum absolute atomic E-state index is 0.154. The molecule has 0 unspecified atom stereocenters. The second-order valence-corrected chi connectivity index (χ2v) is 8.25. The van der Waals surface area contributed by atoms with Gasteiger partial charge in [-0.2, -0.15) is 5.10 Å². The van der Waals surface area contributed by atoms with Crippen molar-refractivity contribution >= 4 is 11.7 Å². The van der Waals surface area contributed by atoms with Gasteiger partial charge in [-0.25, -0.2) is 19.6 Å². The fourth-order valence-corrected chi connectivity index (χ4v) is 3.98. The van der Waals surface area contributed by atoms with Gasteiger partial charge >= 0.3 is 0 Å². The zero-order valence-electron chi connectivity index (χ0n) is 18.5. The lowest BCUT2D eigenvalue weighted by Gasteiger charge is -2.21. The number of hydrogen-bond acceptors (Lipinski definition) is 6. The van der Waals surface area contributed by atoms with Gasteiger partial charge in [0.25, 0.3) is 5.91 Å². The Balaban J connectivity index is 1.30. The normalized spacial score (nSPS) is 14.0. The molecule has 4 aromatic rings. The second kappa shape index (κ2) is 8.16. The first-order chi connectivity index (χ1) is 15.5. The molecule has 1 aliphatic heterocycles. The molecule has 1 aliphatic rings. The van der Waals surface area contributed by atoms with Crippen LogP contribution in [0.5, 0.6) is 0 Å². The van der Waals surface area contributed by atoms with Crippen molar-refractivity contribution in [1.29, 1.82) is 0 Å². The van der Waals surface area contributed by atoms with Crippen LogP contribution in [0.15, 0.2) is 36.7 Å². The van der Waals surface area contributed by atoms with E-state index in [0.29, 0.717) is 24.4 Å². The van der Waals surface area contributed by atoms with Crippen molar-refractivity contribution in [3.8, 4) is 11.4 Å². The summed E-state index contributed by atoms with van der Waals surface area (Å²) >= 11 is 0. The minimum Gasteiger partial charge on any atom is -0.347 e. The molecule has 1 amide bonds. The van der Waals surface area contributed by atoms with Crippen LogP contribution < -0.4 is 5.32 Å². The minimum atomic E-state index is -0.154. The summed E-state index contributed by atoms with van der Waals surface area (Å²) < 4.78 is 3.76. The van der Waals surface area contributed by atoms with Crippen molar-refractivity contribution in [3.05, 3.63) is 65.0 Å². The first kappa shape index (κ1) is 20.3. The van der Waals surface area contributed by atoms with E-state index in [1.807, 2.05) is 49.0 Å². The fourth-order valence-electron chi connectivity index (χ4n) is 3.98. The van der Waals surface area contributed by atoms with Gasteiger partial charge in [-0.15, -0.1) is 0 Å². The van der Waals surface area contributed by atoms with Crippen LogP contribution in [-0.2, 0) is 26.1 Å². The van der Waals surface area contributed by atoms with E-state index in [4.69, 9.17) is 0 Å². The van der Waals surface area contributed by atoms with Crippen LogP contribution in [0.25, 0.3) is 17.2 Å². The fraction of sp³-hybridized carbons (Fsp3) is 0.348. The molecule has 164 valence electrons. The van der Waals surface area contributed by atoms with Gasteiger partial charge < -0.3 is 5.32 Å². The molecule has 0 fully saturated rings. The predicted molar refractivity (Wildman–Crippen MR) is 120 cm³/mol. The van der Waals surface area contributed by atoms with Gasteiger partial charge in [-0.1, -0.05) is 31.2 Å². The number of hydrogen-bond donors (Lipinski definition) is 1. The number of aromatic nitrogens is 6. The summed E-state index contributed by atoms with van der Waals surface area (Å²) in [6.45, 7) is 7.02. The number of likely N-dealkylation sites (N-methyl/N-ethyl adjacent to an activating group) is 1. The van der Waals surface area contributed by atoms with Gasteiger partial charge in [0, 0.05) is 31.0 Å². The predicted octanol–water partition coefficient (Wildman–Crippen LogP) is 2.23. The molecule has 0 aliphatic carbocycles. The van der Waals surface area contributed by atoms with Crippen LogP contribution in [0.2, 0.25) is 0 Å². The van der Waals surface area contributed by atoms with E-state index < -0.39 is 0 Å². The Hall–Kier alpha value is -3.59. The summed E-state index contributed by atoms with van der Waals surface area (Å²) in [5, 5.41) is 7.66. The Morgan fingerprint density at radius 1 is 1.16 bits per heavy atom. The summed E-state index contributed by atoms with van der Waals surface area (Å²) in [4.78, 5) is 28.7. The lowest BCUT2D eigenvalue weighted by atomic mass is 10.1. The molecule has 0 atom stereocenters. The van der Waals surface area contributed by atoms with Crippen molar-refractivity contribution in [3.63, 3.8) is 0 Å². The van der Waals surface area contributed by atoms with Crippen LogP contribution in [0.1, 0.15) is 40.1 Å². The number of aryl methyl sites for hydroxylation is 2. The molecule has 32 heavy (non-hydrogen) atoms. The van der Waals surface area contributed by atoms with E-state index in [0.717, 1.165) is 53.7 Å². The number of imidazole rings is 1. The third-order valence-corrected chi connectivity index (χ3v) is 5.75. The molecule has 0 spiro atoms. The van der Waals surface area contributed by atoms with Crippen molar-refractivity contribution in [2.75, 3.05) is 13.6 Å². The van der Waals surface area contributed by atoms with Gasteiger partial charge in [-0.05, 0) is 31.5 Å². The number of carbonyl (C=O) groups excluding carboxylic acids is 1. The van der Waals surface area contributed by atoms with Gasteiger partial charge in [0.2, 0.25) is 5.78 Å². The van der Waals surface area contributed by atoms with E-state index in [1.54, 1.807) is 10.6 Å². The van der Waals surface area contributed by atoms with Gasteiger partial charge in [-0.3, -0.25) is 14.1 Å². The van der Waals surface area contributed by atoms with Crippen molar-refractivity contribution in [1.82, 2.24) is 39.3 Å². The number of nitrogens with zero attached hydrogens (tertiary/aromatic N) is 7. The molecule has 9 heteroatoms. The lowest BCUT2D eigenvalue weighted by molar-refractivity contribution is 0.0944. The van der Waals surface area contributed by atoms with Crippen LogP contribution in [0, 0.1) is 6.92 Å². The Bertz CT molecular complexity index is 1290. The molecule has 0 bridgehead atoms. The molecular weight excluding hydrogens is 404 g/mol. The highest BCUT2D eigenvalue weighted by Gasteiger charge is 2.20.